The average Bonchev–Trinajstić information content (AvgIpc) is 2.36. The maximum absolute atomic E-state index is 10.7. The van der Waals surface area contributed by atoms with E-state index < -0.39 is 12.1 Å². The number of aliphatic hydroxyl groups is 2. The number of rotatable bonds is 7. The second-order valence-corrected chi connectivity index (χ2v) is 4.33. The summed E-state index contributed by atoms with van der Waals surface area (Å²) in [5.41, 5.74) is 0.846. The quantitative estimate of drug-likeness (QED) is 0.361. The largest absolute Gasteiger partial charge is 0.462 e. The first-order valence-corrected chi connectivity index (χ1v) is 6.27. The van der Waals surface area contributed by atoms with Crippen LogP contribution in [0.15, 0.2) is 24.3 Å². The Balaban J connectivity index is 0. The Bertz CT molecular complexity index is 336. The molecular weight excluding hydrogens is 262 g/mol. The maximum Gasteiger partial charge on any atom is 0.333 e. The maximum atomic E-state index is 10.7. The van der Waals surface area contributed by atoms with Gasteiger partial charge in [-0.3, -0.25) is 4.79 Å². The molecule has 0 aromatic carbocycles. The van der Waals surface area contributed by atoms with E-state index in [1.54, 1.807) is 20.8 Å². The first-order valence-electron chi connectivity index (χ1n) is 6.27. The molecule has 0 saturated carbocycles. The van der Waals surface area contributed by atoms with Gasteiger partial charge in [0.05, 0.1) is 12.7 Å². The lowest BCUT2D eigenvalue weighted by molar-refractivity contribution is -0.139. The number of hydrogen-bond donors (Lipinski definition) is 3. The molecule has 1 amide bonds. The summed E-state index contributed by atoms with van der Waals surface area (Å²) in [6.45, 7) is 12.2. The van der Waals surface area contributed by atoms with Crippen LogP contribution in [-0.4, -0.2) is 48.0 Å². The molecule has 3 N–H and O–H groups in total. The number of carbonyl (C=O) groups excluding carboxylic acids is 2. The Morgan fingerprint density at radius 1 is 1.25 bits per heavy atom. The first-order chi connectivity index (χ1) is 9.22. The summed E-state index contributed by atoms with van der Waals surface area (Å²) in [6, 6.07) is 0. The van der Waals surface area contributed by atoms with Gasteiger partial charge in [-0.2, -0.15) is 0 Å². The van der Waals surface area contributed by atoms with E-state index >= 15 is 0 Å². The first kappa shape index (κ1) is 20.7. The summed E-state index contributed by atoms with van der Waals surface area (Å²) < 4.78 is 4.65. The highest BCUT2D eigenvalue weighted by molar-refractivity contribution is 5.92. The Hall–Kier alpha value is -1.66. The van der Waals surface area contributed by atoms with E-state index in [0.717, 1.165) is 0 Å². The number of ether oxygens (including phenoxy) is 1. The van der Waals surface area contributed by atoms with Crippen LogP contribution in [0.5, 0.6) is 0 Å². The summed E-state index contributed by atoms with van der Waals surface area (Å²) in [5, 5.41) is 19.5. The van der Waals surface area contributed by atoms with Crippen molar-refractivity contribution in [3.8, 4) is 0 Å². The second kappa shape index (κ2) is 12.4. The van der Waals surface area contributed by atoms with Crippen LogP contribution in [0.25, 0.3) is 0 Å². The number of aliphatic hydroxyl groups excluding tert-OH is 2. The molecule has 0 fully saturated rings. The third kappa shape index (κ3) is 14.4. The molecule has 0 aromatic heterocycles. The van der Waals surface area contributed by atoms with Crippen molar-refractivity contribution >= 4 is 11.9 Å². The fourth-order valence-corrected chi connectivity index (χ4v) is 0.744. The van der Waals surface area contributed by atoms with Gasteiger partial charge in [-0.15, -0.1) is 0 Å². The van der Waals surface area contributed by atoms with Gasteiger partial charge in [0.1, 0.15) is 0 Å². The molecule has 0 aliphatic heterocycles. The predicted molar refractivity (Wildman–Crippen MR) is 77.0 cm³/mol. The van der Waals surface area contributed by atoms with Crippen molar-refractivity contribution in [2.75, 3.05) is 19.8 Å². The summed E-state index contributed by atoms with van der Waals surface area (Å²) in [4.78, 5) is 21.3. The Labute approximate surface area is 120 Å². The lowest BCUT2D eigenvalue weighted by atomic mass is 10.3. The molecule has 0 aliphatic rings. The molecule has 6 heteroatoms. The van der Waals surface area contributed by atoms with E-state index in [1.165, 1.54) is 0 Å². The van der Waals surface area contributed by atoms with Crippen molar-refractivity contribution in [1.82, 2.24) is 5.32 Å². The fraction of sp³-hybridized carbons (Fsp3) is 0.571. The number of hydrogen-bond acceptors (Lipinski definition) is 5. The fourth-order valence-electron chi connectivity index (χ4n) is 0.744. The van der Waals surface area contributed by atoms with Crippen LogP contribution < -0.4 is 5.32 Å². The van der Waals surface area contributed by atoms with Crippen molar-refractivity contribution in [2.45, 2.75) is 33.3 Å². The Morgan fingerprint density at radius 3 is 2.15 bits per heavy atom. The third-order valence-corrected chi connectivity index (χ3v) is 1.83. The number of esters is 1. The van der Waals surface area contributed by atoms with Crippen LogP contribution in [0, 0.1) is 0 Å². The van der Waals surface area contributed by atoms with Crippen LogP contribution >= 0.6 is 0 Å². The van der Waals surface area contributed by atoms with Crippen molar-refractivity contribution in [2.24, 2.45) is 0 Å². The van der Waals surface area contributed by atoms with Gasteiger partial charge >= 0.3 is 5.97 Å². The van der Waals surface area contributed by atoms with Gasteiger partial charge in [0.15, 0.2) is 0 Å². The molecule has 1 atom stereocenters. The number of nitrogens with one attached hydrogen (secondary N) is 1. The van der Waals surface area contributed by atoms with E-state index in [-0.39, 0.29) is 25.7 Å². The van der Waals surface area contributed by atoms with Crippen molar-refractivity contribution < 1.29 is 24.5 Å². The van der Waals surface area contributed by atoms with E-state index in [2.05, 4.69) is 23.2 Å². The minimum atomic E-state index is -0.497. The van der Waals surface area contributed by atoms with Crippen LogP contribution in [0.4, 0.5) is 0 Å². The van der Waals surface area contributed by atoms with E-state index in [1.807, 2.05) is 0 Å². The molecule has 0 bridgehead atoms. The van der Waals surface area contributed by atoms with E-state index in [0.29, 0.717) is 17.6 Å². The summed E-state index contributed by atoms with van der Waals surface area (Å²) in [7, 11) is 0. The molecule has 0 aromatic rings. The highest BCUT2D eigenvalue weighted by Crippen LogP contribution is 1.92. The van der Waals surface area contributed by atoms with Gasteiger partial charge in [-0.25, -0.2) is 4.79 Å². The van der Waals surface area contributed by atoms with Crippen LogP contribution in [0.3, 0.4) is 0 Å². The molecule has 0 spiro atoms. The van der Waals surface area contributed by atoms with Gasteiger partial charge in [-0.05, 0) is 20.8 Å². The molecule has 0 heterocycles. The molecule has 116 valence electrons. The SMILES string of the molecule is C=C(C)C(=O)NCC(C)O.C=C(C)C(=O)OCCCO. The van der Waals surface area contributed by atoms with Crippen molar-refractivity contribution in [3.05, 3.63) is 24.3 Å². The standard InChI is InChI=1S/C7H13NO2.C7H12O3/c1-5(2)7(10)8-4-6(3)9;1-6(2)7(9)10-5-3-4-8/h6,9H,1,4H2,2-3H3,(H,8,10);8H,1,3-5H2,2H3. The minimum Gasteiger partial charge on any atom is -0.462 e. The smallest absolute Gasteiger partial charge is 0.333 e. The highest BCUT2D eigenvalue weighted by atomic mass is 16.5. The van der Waals surface area contributed by atoms with Gasteiger partial charge in [0.25, 0.3) is 0 Å². The normalized spacial score (nSPS) is 10.7. The van der Waals surface area contributed by atoms with Crippen molar-refractivity contribution in [3.63, 3.8) is 0 Å². The van der Waals surface area contributed by atoms with Crippen LogP contribution in [-0.2, 0) is 14.3 Å². The Morgan fingerprint density at radius 2 is 1.80 bits per heavy atom. The van der Waals surface area contributed by atoms with Gasteiger partial charge in [0.2, 0.25) is 5.91 Å². The van der Waals surface area contributed by atoms with Crippen LogP contribution in [0.2, 0.25) is 0 Å². The zero-order chi connectivity index (χ0) is 16.1. The molecule has 0 radical (unpaired) electrons. The summed E-state index contributed by atoms with van der Waals surface area (Å²) in [5.74, 6) is -0.602. The zero-order valence-electron chi connectivity index (χ0n) is 12.4. The summed E-state index contributed by atoms with van der Waals surface area (Å²) in [6.07, 6.45) is -0.0118. The summed E-state index contributed by atoms with van der Waals surface area (Å²) >= 11 is 0. The Kier molecular flexibility index (Phi) is 12.8. The predicted octanol–water partition coefficient (Wildman–Crippen LogP) is 0.548. The van der Waals surface area contributed by atoms with E-state index in [9.17, 15) is 9.59 Å². The second-order valence-electron chi connectivity index (χ2n) is 4.33. The van der Waals surface area contributed by atoms with Crippen LogP contribution in [0.1, 0.15) is 27.2 Å². The zero-order valence-corrected chi connectivity index (χ0v) is 12.4. The molecule has 20 heavy (non-hydrogen) atoms. The molecule has 0 rings (SSSR count). The molecule has 6 nitrogen and oxygen atoms in total. The van der Waals surface area contributed by atoms with Gasteiger partial charge in [0, 0.05) is 30.7 Å². The van der Waals surface area contributed by atoms with Gasteiger partial charge < -0.3 is 20.3 Å². The highest BCUT2D eigenvalue weighted by Gasteiger charge is 2.01. The lowest BCUT2D eigenvalue weighted by Gasteiger charge is -2.05. The van der Waals surface area contributed by atoms with Gasteiger partial charge in [-0.1, -0.05) is 13.2 Å². The topological polar surface area (TPSA) is 95.9 Å². The molecule has 0 saturated heterocycles. The number of amides is 1. The lowest BCUT2D eigenvalue weighted by Crippen LogP contribution is -2.30. The number of carbonyl (C=O) groups is 2. The third-order valence-electron chi connectivity index (χ3n) is 1.83. The average molecular weight is 287 g/mol. The van der Waals surface area contributed by atoms with E-state index in [4.69, 9.17) is 10.2 Å². The minimum absolute atomic E-state index is 0.0451. The monoisotopic (exact) mass is 287 g/mol. The molecular formula is C14H25NO5. The molecule has 1 unspecified atom stereocenters. The molecule has 0 aliphatic carbocycles. The van der Waals surface area contributed by atoms with Crippen molar-refractivity contribution in [1.29, 1.82) is 0 Å².